The highest BCUT2D eigenvalue weighted by molar-refractivity contribution is 6.37. The highest BCUT2D eigenvalue weighted by Gasteiger charge is 2.35. The molecule has 0 amide bonds. The first kappa shape index (κ1) is 40.8. The van der Waals surface area contributed by atoms with Gasteiger partial charge in [-0.25, -0.2) is 4.98 Å². The number of pyridine rings is 3. The number of hydrogen-bond donors (Lipinski definition) is 0. The summed E-state index contributed by atoms with van der Waals surface area (Å²) in [5.74, 6) is 0. The third-order valence-corrected chi connectivity index (χ3v) is 16.9. The number of benzene rings is 12. The maximum Gasteiger partial charge on any atom is 0.146 e. The molecule has 12 aromatic carbocycles. The number of fused-ring (bicyclic) bond motifs is 9. The van der Waals surface area contributed by atoms with E-state index in [-0.39, 0.29) is 0 Å². The fourth-order valence-electron chi connectivity index (χ4n) is 14.1. The van der Waals surface area contributed by atoms with Crippen LogP contribution in [-0.2, 0) is 0 Å². The van der Waals surface area contributed by atoms with E-state index in [4.69, 9.17) is 9.97 Å². The van der Waals surface area contributed by atoms with Crippen molar-refractivity contribution in [2.45, 2.75) is 0 Å². The van der Waals surface area contributed by atoms with Crippen molar-refractivity contribution in [1.82, 2.24) is 28.7 Å². The number of nitriles is 1. The van der Waals surface area contributed by atoms with Crippen LogP contribution in [0.1, 0.15) is 5.56 Å². The summed E-state index contributed by atoms with van der Waals surface area (Å²) in [4.78, 5) is 15.2. The van der Waals surface area contributed by atoms with Crippen molar-refractivity contribution in [2.75, 3.05) is 0 Å². The van der Waals surface area contributed by atoms with Crippen LogP contribution in [-0.4, -0.2) is 28.7 Å². The summed E-state index contributed by atoms with van der Waals surface area (Å²) in [6.07, 6.45) is 7.74. The molecule has 0 radical (unpaired) electrons. The molecule has 7 heteroatoms. The maximum absolute atomic E-state index is 12.8. The van der Waals surface area contributed by atoms with Crippen molar-refractivity contribution in [1.29, 1.82) is 5.26 Å². The van der Waals surface area contributed by atoms with Gasteiger partial charge in [0.15, 0.2) is 0 Å². The van der Waals surface area contributed by atoms with E-state index in [2.05, 4.69) is 219 Å². The molecule has 0 bridgehead atoms. The molecule has 0 saturated carbocycles. The van der Waals surface area contributed by atoms with E-state index >= 15 is 0 Å². The summed E-state index contributed by atoms with van der Waals surface area (Å²) in [6.45, 7) is 0. The Morgan fingerprint density at radius 2 is 0.740 bits per heavy atom. The standard InChI is InChI=1S/C70H37N7/c71-37-51-67(75-53-27-9-22-45-43-32-35-72-38-52(43)47-24-12-28-54(75)62(47)60(45)53)58(39-15-3-1-4-16-39)69(76-55-29-11-23-46-49-26-14-34-73-66(49)50-25-13-30-56(76)64(50)61(46)55)59(40-17-5-2-6-18-40)68(51)77-57-31-10-21-44-41-19-7-8-20-42(41)48-33-36-74-70(77)65(48)63(44)57/h1-36,38H. The van der Waals surface area contributed by atoms with E-state index in [1.807, 2.05) is 30.9 Å². The quantitative estimate of drug-likeness (QED) is 0.161. The normalized spacial score (nSPS) is 12.4. The predicted molar refractivity (Wildman–Crippen MR) is 317 cm³/mol. The Hall–Kier alpha value is -10.7. The minimum atomic E-state index is 0.524. The van der Waals surface area contributed by atoms with Crippen molar-refractivity contribution in [3.05, 3.63) is 231 Å². The molecule has 6 heterocycles. The Bertz CT molecular complexity index is 5070. The minimum absolute atomic E-state index is 0.524. The van der Waals surface area contributed by atoms with Gasteiger partial charge in [0.2, 0.25) is 0 Å². The van der Waals surface area contributed by atoms with E-state index in [1.54, 1.807) is 0 Å². The molecule has 0 N–H and O–H groups in total. The van der Waals surface area contributed by atoms with Gasteiger partial charge in [-0.1, -0.05) is 152 Å². The molecule has 18 rings (SSSR count). The fraction of sp³-hybridized carbons (Fsp3) is 0. The SMILES string of the molecule is N#Cc1c(-n2c3cccc4c5ccncc5c5cccc2c5c43)c(-c2ccccc2)c(-n2c3cccc4c5cccnc5c5cccc2c5c43)c(-c2ccccc2)c1-n1c2cccc3c4ccccc4c4ccnc1c4c32. The molecule has 0 aliphatic heterocycles. The van der Waals surface area contributed by atoms with Gasteiger partial charge < -0.3 is 9.13 Å². The summed E-state index contributed by atoms with van der Waals surface area (Å²) in [6, 6.07) is 75.0. The molecular formula is C70H37N7. The third-order valence-electron chi connectivity index (χ3n) is 16.9. The average Bonchev–Trinajstić information content (AvgIpc) is 4.32. The third kappa shape index (κ3) is 5.02. The van der Waals surface area contributed by atoms with E-state index < -0.39 is 0 Å². The summed E-state index contributed by atoms with van der Waals surface area (Å²) in [5, 5.41) is 32.0. The largest absolute Gasteiger partial charge is 0.308 e. The molecule has 0 unspecified atom stereocenters. The first-order valence-corrected chi connectivity index (χ1v) is 26.1. The zero-order valence-electron chi connectivity index (χ0n) is 41.0. The fourth-order valence-corrected chi connectivity index (χ4v) is 14.1. The number of nitrogens with zero attached hydrogens (tertiary/aromatic N) is 7. The zero-order valence-corrected chi connectivity index (χ0v) is 41.0. The molecule has 6 aromatic heterocycles. The van der Waals surface area contributed by atoms with E-state index in [0.717, 1.165) is 153 Å². The summed E-state index contributed by atoms with van der Waals surface area (Å²) < 4.78 is 7.26. The molecule has 0 aliphatic rings. The maximum atomic E-state index is 12.8. The summed E-state index contributed by atoms with van der Waals surface area (Å²) in [7, 11) is 0. The van der Waals surface area contributed by atoms with Gasteiger partial charge in [0.1, 0.15) is 17.3 Å². The monoisotopic (exact) mass is 975 g/mol. The smallest absolute Gasteiger partial charge is 0.146 e. The number of hydrogen-bond acceptors (Lipinski definition) is 4. The van der Waals surface area contributed by atoms with E-state index in [1.165, 1.54) is 16.2 Å². The lowest BCUT2D eigenvalue weighted by Crippen LogP contribution is -2.13. The van der Waals surface area contributed by atoms with Crippen LogP contribution in [0.4, 0.5) is 0 Å². The van der Waals surface area contributed by atoms with Crippen LogP contribution >= 0.6 is 0 Å². The molecule has 18 aromatic rings. The zero-order chi connectivity index (χ0) is 50.2. The number of aromatic nitrogens is 6. The van der Waals surface area contributed by atoms with Crippen LogP contribution in [0, 0.1) is 11.3 Å². The van der Waals surface area contributed by atoms with Crippen molar-refractivity contribution >= 4 is 130 Å². The average molecular weight is 976 g/mol. The molecule has 0 fully saturated rings. The van der Waals surface area contributed by atoms with Gasteiger partial charge in [-0.05, 0) is 103 Å². The predicted octanol–water partition coefficient (Wildman–Crippen LogP) is 17.6. The van der Waals surface area contributed by atoms with Crippen LogP contribution in [0.3, 0.4) is 0 Å². The molecule has 0 atom stereocenters. The first-order chi connectivity index (χ1) is 38.3. The van der Waals surface area contributed by atoms with Gasteiger partial charge >= 0.3 is 0 Å². The Labute approximate surface area is 438 Å². The lowest BCUT2D eigenvalue weighted by atomic mass is 9.88. The molecule has 0 aliphatic carbocycles. The first-order valence-electron chi connectivity index (χ1n) is 26.1. The topological polar surface area (TPSA) is 77.2 Å². The van der Waals surface area contributed by atoms with Gasteiger partial charge in [-0.3, -0.25) is 14.5 Å². The summed E-state index contributed by atoms with van der Waals surface area (Å²) in [5.41, 5.74) is 13.6. The van der Waals surface area contributed by atoms with Crippen molar-refractivity contribution in [3.63, 3.8) is 0 Å². The van der Waals surface area contributed by atoms with Gasteiger partial charge in [-0.15, -0.1) is 0 Å². The van der Waals surface area contributed by atoms with Gasteiger partial charge in [0.05, 0.1) is 50.2 Å². The van der Waals surface area contributed by atoms with Crippen molar-refractivity contribution < 1.29 is 0 Å². The highest BCUT2D eigenvalue weighted by Crippen LogP contribution is 2.55. The Morgan fingerprint density at radius 3 is 1.34 bits per heavy atom. The second-order valence-electron chi connectivity index (χ2n) is 20.4. The Morgan fingerprint density at radius 1 is 0.312 bits per heavy atom. The van der Waals surface area contributed by atoms with Gasteiger partial charge in [0.25, 0.3) is 0 Å². The lowest BCUT2D eigenvalue weighted by molar-refractivity contribution is 1.08. The van der Waals surface area contributed by atoms with Crippen molar-refractivity contribution in [2.24, 2.45) is 0 Å². The molecule has 7 nitrogen and oxygen atoms in total. The van der Waals surface area contributed by atoms with E-state index in [0.29, 0.717) is 5.56 Å². The minimum Gasteiger partial charge on any atom is -0.308 e. The van der Waals surface area contributed by atoms with Crippen LogP contribution in [0.15, 0.2) is 225 Å². The molecule has 352 valence electrons. The van der Waals surface area contributed by atoms with E-state index in [9.17, 15) is 5.26 Å². The number of rotatable bonds is 5. The highest BCUT2D eigenvalue weighted by atomic mass is 15.1. The molecule has 77 heavy (non-hydrogen) atoms. The van der Waals surface area contributed by atoms with Gasteiger partial charge in [0, 0.05) is 84.4 Å². The van der Waals surface area contributed by atoms with Crippen LogP contribution < -0.4 is 0 Å². The second-order valence-corrected chi connectivity index (χ2v) is 20.4. The van der Waals surface area contributed by atoms with Crippen LogP contribution in [0.25, 0.3) is 170 Å². The second kappa shape index (κ2) is 14.8. The molecule has 0 saturated heterocycles. The van der Waals surface area contributed by atoms with Crippen molar-refractivity contribution in [3.8, 4) is 45.4 Å². The molecule has 0 spiro atoms. The molecular weight excluding hydrogens is 939 g/mol. The van der Waals surface area contributed by atoms with Gasteiger partial charge in [-0.2, -0.15) is 5.26 Å². The summed E-state index contributed by atoms with van der Waals surface area (Å²) >= 11 is 0. The van der Waals surface area contributed by atoms with Crippen LogP contribution in [0.2, 0.25) is 0 Å². The lowest BCUT2D eigenvalue weighted by Gasteiger charge is -2.28. The Kier molecular flexibility index (Phi) is 7.81. The Balaban J connectivity index is 1.17. The van der Waals surface area contributed by atoms with Crippen LogP contribution in [0.5, 0.6) is 0 Å².